The summed E-state index contributed by atoms with van der Waals surface area (Å²) in [5.41, 5.74) is 1.96. The highest BCUT2D eigenvalue weighted by Gasteiger charge is 2.32. The van der Waals surface area contributed by atoms with Gasteiger partial charge in [-0.3, -0.25) is 9.69 Å². The lowest BCUT2D eigenvalue weighted by Gasteiger charge is -2.17. The number of allylic oxidation sites excluding steroid dienone is 2. The Morgan fingerprint density at radius 1 is 1.00 bits per heavy atom. The molecule has 1 amide bonds. The van der Waals surface area contributed by atoms with Crippen LogP contribution in [0.2, 0.25) is 5.02 Å². The van der Waals surface area contributed by atoms with Crippen LogP contribution in [0.5, 0.6) is 0 Å². The van der Waals surface area contributed by atoms with E-state index in [4.69, 9.17) is 11.6 Å². The molecule has 7 heteroatoms. The van der Waals surface area contributed by atoms with E-state index in [0.29, 0.717) is 11.4 Å². The molecule has 0 unspecified atom stereocenters. The first-order valence-electron chi connectivity index (χ1n) is 9.41. The molecule has 0 spiro atoms. The van der Waals surface area contributed by atoms with E-state index in [0.717, 1.165) is 33.1 Å². The highest BCUT2D eigenvalue weighted by Crippen LogP contribution is 2.47. The summed E-state index contributed by atoms with van der Waals surface area (Å²) in [6.07, 6.45) is 3.92. The second-order valence-corrected chi connectivity index (χ2v) is 8.88. The van der Waals surface area contributed by atoms with E-state index >= 15 is 0 Å². The molecule has 0 radical (unpaired) electrons. The van der Waals surface area contributed by atoms with Gasteiger partial charge in [-0.2, -0.15) is 0 Å². The first-order chi connectivity index (χ1) is 14.1. The molecular formula is C22H20ClN3OS2. The highest BCUT2D eigenvalue weighted by molar-refractivity contribution is 8.18. The summed E-state index contributed by atoms with van der Waals surface area (Å²) in [6, 6.07) is 15.6. The number of carbonyl (C=O) groups is 1. The van der Waals surface area contributed by atoms with E-state index in [1.165, 1.54) is 16.7 Å². The molecule has 2 aliphatic rings. The van der Waals surface area contributed by atoms with E-state index in [1.807, 2.05) is 67.6 Å². The summed E-state index contributed by atoms with van der Waals surface area (Å²) in [5.74, 6) is -0.00404. The molecule has 2 aliphatic heterocycles. The summed E-state index contributed by atoms with van der Waals surface area (Å²) < 4.78 is 0. The second-order valence-electron chi connectivity index (χ2n) is 6.38. The number of aliphatic imine (C=N–C) groups is 1. The SMILES string of the molecule is CCN1C(=O)/C(=C\C=C2/Sc3ccc(Cl)cc3N2CC)SC1=Nc1ccccc1. The molecule has 0 saturated carbocycles. The zero-order chi connectivity index (χ0) is 20.4. The Labute approximate surface area is 184 Å². The van der Waals surface area contributed by atoms with Crippen LogP contribution in [0.3, 0.4) is 0 Å². The van der Waals surface area contributed by atoms with Crippen molar-refractivity contribution in [2.75, 3.05) is 18.0 Å². The average Bonchev–Trinajstić information content (AvgIpc) is 3.23. The number of hydrogen-bond donors (Lipinski definition) is 0. The Morgan fingerprint density at radius 3 is 2.48 bits per heavy atom. The lowest BCUT2D eigenvalue weighted by atomic mass is 10.3. The molecule has 2 aromatic carbocycles. The number of anilines is 1. The Kier molecular flexibility index (Phi) is 6.04. The van der Waals surface area contributed by atoms with Gasteiger partial charge in [-0.1, -0.05) is 41.6 Å². The van der Waals surface area contributed by atoms with Gasteiger partial charge in [-0.05, 0) is 68.1 Å². The van der Waals surface area contributed by atoms with Crippen molar-refractivity contribution in [3.05, 3.63) is 75.6 Å². The fraction of sp³-hybridized carbons (Fsp3) is 0.182. The first kappa shape index (κ1) is 20.1. The third-order valence-electron chi connectivity index (χ3n) is 4.57. The zero-order valence-electron chi connectivity index (χ0n) is 16.1. The number of halogens is 1. The summed E-state index contributed by atoms with van der Waals surface area (Å²) in [6.45, 7) is 5.49. The largest absolute Gasteiger partial charge is 0.335 e. The first-order valence-corrected chi connectivity index (χ1v) is 11.4. The van der Waals surface area contributed by atoms with E-state index in [9.17, 15) is 4.79 Å². The van der Waals surface area contributed by atoms with Crippen molar-refractivity contribution in [1.29, 1.82) is 0 Å². The summed E-state index contributed by atoms with van der Waals surface area (Å²) in [7, 11) is 0. The van der Waals surface area contributed by atoms with Crippen LogP contribution in [-0.2, 0) is 4.79 Å². The minimum Gasteiger partial charge on any atom is -0.335 e. The second kappa shape index (κ2) is 8.69. The third kappa shape index (κ3) is 4.10. The van der Waals surface area contributed by atoms with Crippen molar-refractivity contribution in [2.45, 2.75) is 18.7 Å². The van der Waals surface area contributed by atoms with Crippen LogP contribution in [0.15, 0.2) is 80.5 Å². The Bertz CT molecular complexity index is 1030. The number of hydrogen-bond acceptors (Lipinski definition) is 5. The van der Waals surface area contributed by atoms with Gasteiger partial charge in [0.2, 0.25) is 0 Å². The highest BCUT2D eigenvalue weighted by atomic mass is 35.5. The van der Waals surface area contributed by atoms with Gasteiger partial charge in [0.05, 0.1) is 21.3 Å². The Morgan fingerprint density at radius 2 is 1.76 bits per heavy atom. The summed E-state index contributed by atoms with van der Waals surface area (Å²) >= 11 is 9.28. The molecule has 1 fully saturated rings. The molecule has 0 aromatic heterocycles. The third-order valence-corrected chi connectivity index (χ3v) is 6.96. The number of para-hydroxylation sites is 1. The van der Waals surface area contributed by atoms with Crippen LogP contribution in [-0.4, -0.2) is 29.1 Å². The Hall–Kier alpha value is -2.15. The number of amidine groups is 1. The minimum atomic E-state index is -0.00404. The summed E-state index contributed by atoms with van der Waals surface area (Å²) in [5, 5.41) is 2.53. The van der Waals surface area contributed by atoms with Gasteiger partial charge in [0.15, 0.2) is 5.17 Å². The monoisotopic (exact) mass is 441 g/mol. The van der Waals surface area contributed by atoms with Gasteiger partial charge >= 0.3 is 0 Å². The summed E-state index contributed by atoms with van der Waals surface area (Å²) in [4.78, 5) is 23.3. The van der Waals surface area contributed by atoms with Crippen LogP contribution in [0.4, 0.5) is 11.4 Å². The number of amides is 1. The number of rotatable bonds is 4. The van der Waals surface area contributed by atoms with Crippen molar-refractivity contribution in [2.24, 2.45) is 4.99 Å². The van der Waals surface area contributed by atoms with Gasteiger partial charge in [-0.25, -0.2) is 4.99 Å². The number of benzene rings is 2. The van der Waals surface area contributed by atoms with E-state index in [-0.39, 0.29) is 5.91 Å². The zero-order valence-corrected chi connectivity index (χ0v) is 18.5. The molecule has 0 atom stereocenters. The number of fused-ring (bicyclic) bond motifs is 1. The maximum absolute atomic E-state index is 12.8. The minimum absolute atomic E-state index is 0.00404. The fourth-order valence-corrected chi connectivity index (χ4v) is 5.45. The predicted molar refractivity (Wildman–Crippen MR) is 125 cm³/mol. The van der Waals surface area contributed by atoms with Crippen LogP contribution in [0.25, 0.3) is 0 Å². The smallest absolute Gasteiger partial charge is 0.266 e. The maximum Gasteiger partial charge on any atom is 0.266 e. The lowest BCUT2D eigenvalue weighted by molar-refractivity contribution is -0.122. The van der Waals surface area contributed by atoms with Crippen molar-refractivity contribution >= 4 is 57.6 Å². The molecular weight excluding hydrogens is 422 g/mol. The molecule has 2 aromatic rings. The number of carbonyl (C=O) groups excluding carboxylic acids is 1. The molecule has 0 N–H and O–H groups in total. The van der Waals surface area contributed by atoms with E-state index < -0.39 is 0 Å². The van der Waals surface area contributed by atoms with Crippen molar-refractivity contribution < 1.29 is 4.79 Å². The maximum atomic E-state index is 12.8. The van der Waals surface area contributed by atoms with Crippen LogP contribution >= 0.6 is 35.1 Å². The normalized spacial score (nSPS) is 20.4. The molecule has 2 heterocycles. The molecule has 0 aliphatic carbocycles. The van der Waals surface area contributed by atoms with Crippen LogP contribution in [0.1, 0.15) is 13.8 Å². The van der Waals surface area contributed by atoms with Gasteiger partial charge < -0.3 is 4.90 Å². The fourth-order valence-electron chi connectivity index (χ4n) is 3.17. The lowest BCUT2D eigenvalue weighted by Crippen LogP contribution is -2.28. The molecule has 148 valence electrons. The molecule has 0 bridgehead atoms. The number of thioether (sulfide) groups is 2. The van der Waals surface area contributed by atoms with Crippen LogP contribution in [0, 0.1) is 0 Å². The predicted octanol–water partition coefficient (Wildman–Crippen LogP) is 6.28. The van der Waals surface area contributed by atoms with Crippen LogP contribution < -0.4 is 4.90 Å². The van der Waals surface area contributed by atoms with E-state index in [2.05, 4.69) is 16.8 Å². The number of likely N-dealkylation sites (N-methyl/N-ethyl adjacent to an activating group) is 1. The van der Waals surface area contributed by atoms with Gasteiger partial charge in [-0.15, -0.1) is 0 Å². The molecule has 29 heavy (non-hydrogen) atoms. The topological polar surface area (TPSA) is 35.9 Å². The Balaban J connectivity index is 1.61. The van der Waals surface area contributed by atoms with Gasteiger partial charge in [0.25, 0.3) is 5.91 Å². The van der Waals surface area contributed by atoms with Crippen molar-refractivity contribution in [3.8, 4) is 0 Å². The standard InChI is InChI=1S/C22H20ClN3OS2/c1-3-25-17-14-15(23)10-11-18(17)28-20(25)13-12-19-21(27)26(4-2)22(29-19)24-16-8-6-5-7-9-16/h5-14H,3-4H2,1-2H3/b19-12+,20-13-,24-22?. The number of nitrogens with zero attached hydrogens (tertiary/aromatic N) is 3. The van der Waals surface area contributed by atoms with Crippen molar-refractivity contribution in [1.82, 2.24) is 4.90 Å². The van der Waals surface area contributed by atoms with Gasteiger partial charge in [0.1, 0.15) is 0 Å². The van der Waals surface area contributed by atoms with Crippen molar-refractivity contribution in [3.63, 3.8) is 0 Å². The van der Waals surface area contributed by atoms with Gasteiger partial charge in [0, 0.05) is 23.0 Å². The van der Waals surface area contributed by atoms with E-state index in [1.54, 1.807) is 16.7 Å². The average molecular weight is 442 g/mol. The quantitative estimate of drug-likeness (QED) is 0.523. The molecule has 1 saturated heterocycles. The molecule has 4 rings (SSSR count). The molecule has 4 nitrogen and oxygen atoms in total.